The predicted octanol–water partition coefficient (Wildman–Crippen LogP) is 1.97. The number of likely N-dealkylation sites (N-methyl/N-ethyl adjacent to an activating group) is 1. The van der Waals surface area contributed by atoms with Gasteiger partial charge in [-0.25, -0.2) is 14.5 Å². The molecule has 5 heterocycles. The lowest BCUT2D eigenvalue weighted by Gasteiger charge is -2.33. The predicted molar refractivity (Wildman–Crippen MR) is 144 cm³/mol. The van der Waals surface area contributed by atoms with Crippen molar-refractivity contribution in [2.45, 2.75) is 25.2 Å². The summed E-state index contributed by atoms with van der Waals surface area (Å²) in [5.41, 5.74) is -0.0868. The summed E-state index contributed by atoms with van der Waals surface area (Å²) in [7, 11) is 3.48. The maximum atomic E-state index is 14.2. The van der Waals surface area contributed by atoms with E-state index in [-0.39, 0.29) is 24.8 Å². The molecule has 6 rings (SSSR count). The highest BCUT2D eigenvalue weighted by Crippen LogP contribution is 2.37. The highest BCUT2D eigenvalue weighted by Gasteiger charge is 2.58. The Morgan fingerprint density at radius 1 is 1.15 bits per heavy atom. The average molecular weight is 563 g/mol. The molecule has 3 aromatic rings. The zero-order valence-electron chi connectivity index (χ0n) is 23.0. The summed E-state index contributed by atoms with van der Waals surface area (Å²) in [5.74, 6) is -0.341. The van der Waals surface area contributed by atoms with E-state index in [1.54, 1.807) is 47.6 Å². The number of piperazine rings is 1. The minimum absolute atomic E-state index is 0.139. The fourth-order valence-electron chi connectivity index (χ4n) is 5.51. The quantitative estimate of drug-likeness (QED) is 0.447. The van der Waals surface area contributed by atoms with E-state index in [0.717, 1.165) is 10.5 Å². The maximum absolute atomic E-state index is 14.2. The molecule has 13 nitrogen and oxygen atoms in total. The van der Waals surface area contributed by atoms with Crippen LogP contribution in [0.4, 0.5) is 9.59 Å². The van der Waals surface area contributed by atoms with E-state index in [1.165, 1.54) is 18.9 Å². The fraction of sp³-hybridized carbons (Fsp3) is 0.393. The highest BCUT2D eigenvalue weighted by atomic mass is 16.6. The van der Waals surface area contributed by atoms with Crippen molar-refractivity contribution in [1.29, 1.82) is 0 Å². The van der Waals surface area contributed by atoms with Crippen LogP contribution in [0.25, 0.3) is 11.0 Å². The Labute approximate surface area is 235 Å². The number of rotatable bonds is 6. The summed E-state index contributed by atoms with van der Waals surface area (Å²) in [6.07, 6.45) is 1.31. The third-order valence-electron chi connectivity index (χ3n) is 7.88. The molecule has 5 amide bonds. The summed E-state index contributed by atoms with van der Waals surface area (Å²) < 4.78 is 16.9. The van der Waals surface area contributed by atoms with E-state index < -0.39 is 29.8 Å². The second-order valence-corrected chi connectivity index (χ2v) is 10.5. The summed E-state index contributed by atoms with van der Waals surface area (Å²) >= 11 is 0. The molecule has 2 atom stereocenters. The van der Waals surface area contributed by atoms with Gasteiger partial charge in [-0.3, -0.25) is 14.6 Å². The van der Waals surface area contributed by atoms with Crippen LogP contribution in [0.5, 0.6) is 5.75 Å². The second-order valence-electron chi connectivity index (χ2n) is 10.5. The Bertz CT molecular complexity index is 1510. The second kappa shape index (κ2) is 10.1. The first-order valence-electron chi connectivity index (χ1n) is 13.3. The Kier molecular flexibility index (Phi) is 6.53. The maximum Gasteiger partial charge on any atom is 0.411 e. The van der Waals surface area contributed by atoms with Crippen molar-refractivity contribution < 1.29 is 33.1 Å². The van der Waals surface area contributed by atoms with Gasteiger partial charge in [-0.1, -0.05) is 6.07 Å². The van der Waals surface area contributed by atoms with Gasteiger partial charge in [0.15, 0.2) is 11.8 Å². The zero-order valence-corrected chi connectivity index (χ0v) is 23.0. The molecule has 2 saturated heterocycles. The SMILES string of the molecule is COc1ccc2c(c1)C(=O)N(C[C@@]1(c3cc4cnccc4o3)NC(=O)N(C(C)OC(=O)N3CCN(C)CC3)C1=O)C2. The van der Waals surface area contributed by atoms with Crippen LogP contribution >= 0.6 is 0 Å². The number of nitrogens with zero attached hydrogens (tertiary/aromatic N) is 5. The first-order valence-corrected chi connectivity index (χ1v) is 13.3. The number of pyridine rings is 1. The number of imide groups is 1. The highest BCUT2D eigenvalue weighted by molar-refractivity contribution is 6.08. The number of hydrogen-bond donors (Lipinski definition) is 1. The van der Waals surface area contributed by atoms with Crippen LogP contribution in [0.1, 0.15) is 28.6 Å². The molecule has 41 heavy (non-hydrogen) atoms. The van der Waals surface area contributed by atoms with Crippen LogP contribution in [0.3, 0.4) is 0 Å². The molecule has 13 heteroatoms. The molecule has 214 valence electrons. The number of ether oxygens (including phenoxy) is 2. The van der Waals surface area contributed by atoms with Crippen molar-refractivity contribution in [2.24, 2.45) is 0 Å². The Hall–Kier alpha value is -4.65. The molecule has 0 spiro atoms. The van der Waals surface area contributed by atoms with Crippen LogP contribution in [-0.2, 0) is 21.6 Å². The third-order valence-corrected chi connectivity index (χ3v) is 7.88. The minimum Gasteiger partial charge on any atom is -0.497 e. The van der Waals surface area contributed by atoms with Crippen molar-refractivity contribution in [3.05, 3.63) is 59.6 Å². The molecule has 3 aliphatic rings. The summed E-state index contributed by atoms with van der Waals surface area (Å²) in [4.78, 5) is 64.0. The molecule has 0 radical (unpaired) electrons. The number of hydrogen-bond acceptors (Lipinski definition) is 9. The van der Waals surface area contributed by atoms with E-state index in [9.17, 15) is 19.2 Å². The number of urea groups is 1. The lowest BCUT2D eigenvalue weighted by Crippen LogP contribution is -2.53. The number of nitrogens with one attached hydrogen (secondary N) is 1. The van der Waals surface area contributed by atoms with Crippen molar-refractivity contribution in [3.8, 4) is 5.75 Å². The number of methoxy groups -OCH3 is 1. The van der Waals surface area contributed by atoms with Gasteiger partial charge in [-0.2, -0.15) is 0 Å². The van der Waals surface area contributed by atoms with Gasteiger partial charge in [0.05, 0.1) is 13.7 Å². The number of furan rings is 1. The molecule has 1 aromatic carbocycles. The fourth-order valence-corrected chi connectivity index (χ4v) is 5.51. The molecule has 2 fully saturated rings. The van der Waals surface area contributed by atoms with Gasteiger partial charge in [0.2, 0.25) is 0 Å². The molecule has 3 aliphatic heterocycles. The lowest BCUT2D eigenvalue weighted by atomic mass is 9.94. The largest absolute Gasteiger partial charge is 0.497 e. The van der Waals surface area contributed by atoms with E-state index in [1.807, 2.05) is 7.05 Å². The van der Waals surface area contributed by atoms with Crippen molar-refractivity contribution in [1.82, 2.24) is 29.9 Å². The first kappa shape index (κ1) is 26.6. The Balaban J connectivity index is 1.31. The summed E-state index contributed by atoms with van der Waals surface area (Å²) in [6, 6.07) is 7.72. The van der Waals surface area contributed by atoms with Crippen LogP contribution in [0.2, 0.25) is 0 Å². The van der Waals surface area contributed by atoms with E-state index in [4.69, 9.17) is 13.9 Å². The molecule has 0 saturated carbocycles. The number of benzene rings is 1. The molecule has 1 N–H and O–H groups in total. The Morgan fingerprint density at radius 3 is 2.66 bits per heavy atom. The molecular weight excluding hydrogens is 532 g/mol. The number of carbonyl (C=O) groups is 4. The zero-order chi connectivity index (χ0) is 28.9. The topological polar surface area (TPSA) is 138 Å². The van der Waals surface area contributed by atoms with Gasteiger partial charge in [-0.15, -0.1) is 0 Å². The molecule has 0 aliphatic carbocycles. The van der Waals surface area contributed by atoms with Crippen LogP contribution in [-0.4, -0.2) is 102 Å². The minimum atomic E-state index is -1.77. The van der Waals surface area contributed by atoms with Crippen LogP contribution in [0.15, 0.2) is 47.1 Å². The van der Waals surface area contributed by atoms with Gasteiger partial charge in [0, 0.05) is 56.1 Å². The van der Waals surface area contributed by atoms with Gasteiger partial charge < -0.3 is 33.9 Å². The van der Waals surface area contributed by atoms with Crippen molar-refractivity contribution in [3.63, 3.8) is 0 Å². The number of carbonyl (C=O) groups excluding carboxylic acids is 4. The molecule has 1 unspecified atom stereocenters. The van der Waals surface area contributed by atoms with Crippen LogP contribution in [0, 0.1) is 0 Å². The third kappa shape index (κ3) is 4.51. The molecule has 2 aromatic heterocycles. The van der Waals surface area contributed by atoms with E-state index in [0.29, 0.717) is 48.5 Å². The van der Waals surface area contributed by atoms with E-state index in [2.05, 4.69) is 15.2 Å². The number of amides is 5. The normalized spacial score (nSPS) is 21.8. The van der Waals surface area contributed by atoms with Gasteiger partial charge >= 0.3 is 12.1 Å². The first-order chi connectivity index (χ1) is 19.7. The monoisotopic (exact) mass is 562 g/mol. The number of aromatic nitrogens is 1. The van der Waals surface area contributed by atoms with Crippen molar-refractivity contribution in [2.75, 3.05) is 46.9 Å². The van der Waals surface area contributed by atoms with E-state index >= 15 is 0 Å². The average Bonchev–Trinajstić information content (AvgIpc) is 3.61. The van der Waals surface area contributed by atoms with Crippen LogP contribution < -0.4 is 10.1 Å². The Morgan fingerprint density at radius 2 is 1.93 bits per heavy atom. The standard InChI is InChI=1S/C28H30N6O7/c1-17(40-27(38)32-10-8-31(2)9-11-32)34-25(36)28(30-26(34)37,23-12-19-14-29-7-6-22(19)41-23)16-33-15-18-4-5-20(39-3)13-21(18)24(33)35/h4-7,12-14,17H,8-11,15-16H2,1-3H3,(H,30,37)/t17?,28-/m0/s1. The molecule has 0 bridgehead atoms. The molecular formula is C28H30N6O7. The van der Waals surface area contributed by atoms with Gasteiger partial charge in [0.1, 0.15) is 17.1 Å². The van der Waals surface area contributed by atoms with Crippen molar-refractivity contribution >= 4 is 34.9 Å². The number of fused-ring (bicyclic) bond motifs is 2. The lowest BCUT2D eigenvalue weighted by molar-refractivity contribution is -0.139. The summed E-state index contributed by atoms with van der Waals surface area (Å²) in [5, 5.41) is 3.40. The summed E-state index contributed by atoms with van der Waals surface area (Å²) in [6.45, 7) is 3.80. The van der Waals surface area contributed by atoms with Gasteiger partial charge in [-0.05, 0) is 43.8 Å². The van der Waals surface area contributed by atoms with Gasteiger partial charge in [0.25, 0.3) is 11.8 Å². The smallest absolute Gasteiger partial charge is 0.411 e.